The SMILES string of the molecule is CCNC(c1ccoc1)C1C(C)(C)C1(C)C. The predicted octanol–water partition coefficient (Wildman–Crippen LogP) is 3.61. The molecule has 0 aliphatic heterocycles. The largest absolute Gasteiger partial charge is 0.472 e. The lowest BCUT2D eigenvalue weighted by atomic mass is 9.99. The maximum atomic E-state index is 5.22. The summed E-state index contributed by atoms with van der Waals surface area (Å²) >= 11 is 0. The molecule has 1 aromatic rings. The third-order valence-corrected chi connectivity index (χ3v) is 4.79. The summed E-state index contributed by atoms with van der Waals surface area (Å²) in [7, 11) is 0. The van der Waals surface area contributed by atoms with Crippen molar-refractivity contribution < 1.29 is 4.42 Å². The number of furan rings is 1. The molecule has 1 N–H and O–H groups in total. The zero-order valence-corrected chi connectivity index (χ0v) is 11.0. The maximum Gasteiger partial charge on any atom is 0.0950 e. The molecule has 1 unspecified atom stereocenters. The van der Waals surface area contributed by atoms with Crippen LogP contribution in [0.4, 0.5) is 0 Å². The zero-order valence-electron chi connectivity index (χ0n) is 11.0. The van der Waals surface area contributed by atoms with Crippen molar-refractivity contribution in [2.45, 2.75) is 40.7 Å². The minimum Gasteiger partial charge on any atom is -0.472 e. The second-order valence-corrected chi connectivity index (χ2v) is 6.01. The van der Waals surface area contributed by atoms with Crippen molar-refractivity contribution in [2.75, 3.05) is 6.54 Å². The average Bonchev–Trinajstić information content (AvgIpc) is 2.64. The lowest BCUT2D eigenvalue weighted by Gasteiger charge is -2.18. The molecule has 2 heteroatoms. The summed E-state index contributed by atoms with van der Waals surface area (Å²) in [6, 6.07) is 2.51. The van der Waals surface area contributed by atoms with E-state index in [0.29, 0.717) is 22.8 Å². The Labute approximate surface area is 98.4 Å². The van der Waals surface area contributed by atoms with Gasteiger partial charge in [0.1, 0.15) is 0 Å². The van der Waals surface area contributed by atoms with E-state index in [4.69, 9.17) is 4.42 Å². The van der Waals surface area contributed by atoms with Crippen LogP contribution in [0.2, 0.25) is 0 Å². The molecular formula is C14H23NO. The minimum absolute atomic E-state index is 0.400. The highest BCUT2D eigenvalue weighted by Gasteiger charge is 2.67. The first kappa shape index (κ1) is 11.7. The Morgan fingerprint density at radius 3 is 2.31 bits per heavy atom. The van der Waals surface area contributed by atoms with Gasteiger partial charge in [0.05, 0.1) is 12.5 Å². The molecule has 1 atom stereocenters. The number of hydrogen-bond donors (Lipinski definition) is 1. The van der Waals surface area contributed by atoms with Gasteiger partial charge >= 0.3 is 0 Å². The first-order valence-electron chi connectivity index (χ1n) is 6.18. The van der Waals surface area contributed by atoms with Gasteiger partial charge in [-0.25, -0.2) is 0 Å². The number of rotatable bonds is 4. The van der Waals surface area contributed by atoms with Crippen LogP contribution < -0.4 is 5.32 Å². The van der Waals surface area contributed by atoms with E-state index in [-0.39, 0.29) is 0 Å². The molecule has 1 aromatic heterocycles. The van der Waals surface area contributed by atoms with Crippen LogP contribution >= 0.6 is 0 Å². The molecule has 1 aliphatic carbocycles. The standard InChI is InChI=1S/C14H23NO/c1-6-15-11(10-7-8-16-9-10)12-13(2,3)14(12,4)5/h7-9,11-12,15H,6H2,1-5H3. The molecule has 90 valence electrons. The molecule has 2 rings (SSSR count). The summed E-state index contributed by atoms with van der Waals surface area (Å²) < 4.78 is 5.22. The molecule has 0 radical (unpaired) electrons. The second kappa shape index (κ2) is 3.63. The molecule has 0 bridgehead atoms. The Morgan fingerprint density at radius 1 is 1.31 bits per heavy atom. The second-order valence-electron chi connectivity index (χ2n) is 6.01. The summed E-state index contributed by atoms with van der Waals surface area (Å²) in [5, 5.41) is 3.60. The monoisotopic (exact) mass is 221 g/mol. The van der Waals surface area contributed by atoms with Gasteiger partial charge < -0.3 is 9.73 Å². The van der Waals surface area contributed by atoms with Crippen LogP contribution in [0.15, 0.2) is 23.0 Å². The molecule has 0 aromatic carbocycles. The smallest absolute Gasteiger partial charge is 0.0950 e. The van der Waals surface area contributed by atoms with E-state index >= 15 is 0 Å². The van der Waals surface area contributed by atoms with Crippen LogP contribution in [0, 0.1) is 16.7 Å². The van der Waals surface area contributed by atoms with Gasteiger partial charge in [-0.15, -0.1) is 0 Å². The molecule has 1 heterocycles. The van der Waals surface area contributed by atoms with Crippen molar-refractivity contribution in [3.8, 4) is 0 Å². The van der Waals surface area contributed by atoms with E-state index in [1.165, 1.54) is 5.56 Å². The van der Waals surface area contributed by atoms with Crippen molar-refractivity contribution in [3.05, 3.63) is 24.2 Å². The van der Waals surface area contributed by atoms with Crippen LogP contribution in [0.5, 0.6) is 0 Å². The molecule has 2 nitrogen and oxygen atoms in total. The van der Waals surface area contributed by atoms with Crippen LogP contribution in [-0.4, -0.2) is 6.54 Å². The van der Waals surface area contributed by atoms with Gasteiger partial charge in [-0.05, 0) is 29.4 Å². The van der Waals surface area contributed by atoms with Crippen LogP contribution in [-0.2, 0) is 0 Å². The van der Waals surface area contributed by atoms with Gasteiger partial charge in [-0.1, -0.05) is 34.6 Å². The Kier molecular flexibility index (Phi) is 2.66. The van der Waals surface area contributed by atoms with Crippen molar-refractivity contribution in [2.24, 2.45) is 16.7 Å². The van der Waals surface area contributed by atoms with Crippen molar-refractivity contribution in [1.29, 1.82) is 0 Å². The van der Waals surface area contributed by atoms with Gasteiger partial charge in [0.2, 0.25) is 0 Å². The van der Waals surface area contributed by atoms with E-state index in [9.17, 15) is 0 Å². The highest BCUT2D eigenvalue weighted by atomic mass is 16.3. The minimum atomic E-state index is 0.400. The Hall–Kier alpha value is -0.760. The molecular weight excluding hydrogens is 198 g/mol. The van der Waals surface area contributed by atoms with Crippen molar-refractivity contribution >= 4 is 0 Å². The van der Waals surface area contributed by atoms with Crippen molar-refractivity contribution in [3.63, 3.8) is 0 Å². The lowest BCUT2D eigenvalue weighted by molar-refractivity contribution is 0.414. The third-order valence-electron chi connectivity index (χ3n) is 4.79. The fourth-order valence-electron chi connectivity index (χ4n) is 3.18. The summed E-state index contributed by atoms with van der Waals surface area (Å²) in [4.78, 5) is 0. The summed E-state index contributed by atoms with van der Waals surface area (Å²) in [6.07, 6.45) is 3.64. The topological polar surface area (TPSA) is 25.2 Å². The fraction of sp³-hybridized carbons (Fsp3) is 0.714. The number of nitrogens with one attached hydrogen (secondary N) is 1. The lowest BCUT2D eigenvalue weighted by Crippen LogP contribution is -2.24. The van der Waals surface area contributed by atoms with E-state index in [2.05, 4.69) is 46.0 Å². The quantitative estimate of drug-likeness (QED) is 0.840. The van der Waals surface area contributed by atoms with Gasteiger partial charge in [-0.3, -0.25) is 0 Å². The molecule has 0 spiro atoms. The Balaban J connectivity index is 2.23. The molecule has 1 fully saturated rings. The van der Waals surface area contributed by atoms with E-state index in [1.54, 1.807) is 6.26 Å². The Bertz CT molecular complexity index is 337. The van der Waals surface area contributed by atoms with Gasteiger partial charge in [0.25, 0.3) is 0 Å². The molecule has 0 saturated heterocycles. The number of hydrogen-bond acceptors (Lipinski definition) is 2. The van der Waals surface area contributed by atoms with Gasteiger partial charge in [0.15, 0.2) is 0 Å². The van der Waals surface area contributed by atoms with Crippen LogP contribution in [0.3, 0.4) is 0 Å². The summed E-state index contributed by atoms with van der Waals surface area (Å²) in [6.45, 7) is 12.6. The highest BCUT2D eigenvalue weighted by molar-refractivity contribution is 5.24. The van der Waals surface area contributed by atoms with Gasteiger partial charge in [0, 0.05) is 11.6 Å². The first-order chi connectivity index (χ1) is 7.43. The molecule has 1 aliphatic rings. The van der Waals surface area contributed by atoms with Crippen molar-refractivity contribution in [1.82, 2.24) is 5.32 Å². The fourth-order valence-corrected chi connectivity index (χ4v) is 3.18. The maximum absolute atomic E-state index is 5.22. The van der Waals surface area contributed by atoms with E-state index in [0.717, 1.165) is 6.54 Å². The molecule has 0 amide bonds. The van der Waals surface area contributed by atoms with Crippen LogP contribution in [0.25, 0.3) is 0 Å². The Morgan fingerprint density at radius 2 is 1.94 bits per heavy atom. The predicted molar refractivity (Wildman–Crippen MR) is 66.2 cm³/mol. The summed E-state index contributed by atoms with van der Waals surface area (Å²) in [5.41, 5.74) is 2.08. The molecule has 1 saturated carbocycles. The third kappa shape index (κ3) is 1.51. The van der Waals surface area contributed by atoms with E-state index in [1.807, 2.05) is 6.26 Å². The zero-order chi connectivity index (χ0) is 12.0. The van der Waals surface area contributed by atoms with E-state index < -0.39 is 0 Å². The average molecular weight is 221 g/mol. The summed E-state index contributed by atoms with van der Waals surface area (Å²) in [5.74, 6) is 0.678. The van der Waals surface area contributed by atoms with Crippen LogP contribution in [0.1, 0.15) is 46.2 Å². The molecule has 16 heavy (non-hydrogen) atoms. The highest BCUT2D eigenvalue weighted by Crippen LogP contribution is 2.72. The normalized spacial score (nSPS) is 24.3. The first-order valence-corrected chi connectivity index (χ1v) is 6.18. The van der Waals surface area contributed by atoms with Gasteiger partial charge in [-0.2, -0.15) is 0 Å².